The van der Waals surface area contributed by atoms with Gasteiger partial charge in [-0.25, -0.2) is 0 Å². The Balaban J connectivity index is 0.00000149. The lowest BCUT2D eigenvalue weighted by atomic mass is 9.98. The topological polar surface area (TPSA) is 88.2 Å². The maximum atomic E-state index is 13.2. The lowest BCUT2D eigenvalue weighted by Crippen LogP contribution is -2.30. The Morgan fingerprint density at radius 3 is 2.58 bits per heavy atom. The molecule has 3 heterocycles. The molecule has 0 atom stereocenters. The van der Waals surface area contributed by atoms with Crippen LogP contribution < -0.4 is 20.9 Å². The number of rotatable bonds is 6. The van der Waals surface area contributed by atoms with E-state index in [1.54, 1.807) is 13.0 Å². The molecule has 0 bridgehead atoms. The number of ether oxygens (including phenoxy) is 1. The molecule has 4 rings (SSSR count). The summed E-state index contributed by atoms with van der Waals surface area (Å²) in [6, 6.07) is 9.81. The van der Waals surface area contributed by atoms with Crippen molar-refractivity contribution >= 4 is 16.8 Å². The number of hydrogen-bond acceptors (Lipinski definition) is 4. The van der Waals surface area contributed by atoms with Crippen LogP contribution in [0.25, 0.3) is 10.9 Å². The summed E-state index contributed by atoms with van der Waals surface area (Å²) >= 11 is 0. The summed E-state index contributed by atoms with van der Waals surface area (Å²) in [5, 5.41) is 7.29. The standard InChI is InChI=1S/C24H30N4O3.C2H6/c1-15-12-21(31-3)19(23(29)27-15)13-26-24(30)22-16(2)28(14-17-8-10-25-11-9-17)20-7-5-4-6-18(20)22;1-2/h4-7,12,17,25H,8-11,13-14H2,1-3H3,(H,26,30)(H,27,29);1-2H3. The molecule has 1 amide bonds. The number of nitrogens with zero attached hydrogens (tertiary/aromatic N) is 1. The van der Waals surface area contributed by atoms with E-state index in [4.69, 9.17) is 4.74 Å². The molecule has 7 heteroatoms. The van der Waals surface area contributed by atoms with Crippen molar-refractivity contribution in [1.82, 2.24) is 20.2 Å². The number of piperidine rings is 1. The zero-order valence-corrected chi connectivity index (χ0v) is 20.4. The van der Waals surface area contributed by atoms with E-state index in [0.717, 1.165) is 49.1 Å². The monoisotopic (exact) mass is 452 g/mol. The molecule has 0 saturated carbocycles. The number of carbonyl (C=O) groups excluding carboxylic acids is 1. The molecule has 178 valence electrons. The van der Waals surface area contributed by atoms with Gasteiger partial charge in [-0.05, 0) is 57.8 Å². The number of para-hydroxylation sites is 1. The molecular weight excluding hydrogens is 416 g/mol. The predicted octanol–water partition coefficient (Wildman–Crippen LogP) is 3.91. The van der Waals surface area contributed by atoms with Crippen molar-refractivity contribution in [2.75, 3.05) is 20.2 Å². The van der Waals surface area contributed by atoms with Crippen molar-refractivity contribution < 1.29 is 9.53 Å². The molecule has 2 aromatic heterocycles. The molecule has 1 aliphatic heterocycles. The van der Waals surface area contributed by atoms with E-state index >= 15 is 0 Å². The quantitative estimate of drug-likeness (QED) is 0.529. The Morgan fingerprint density at radius 2 is 1.88 bits per heavy atom. The number of fused-ring (bicyclic) bond motifs is 1. The number of hydrogen-bond donors (Lipinski definition) is 3. The molecule has 33 heavy (non-hydrogen) atoms. The van der Waals surface area contributed by atoms with E-state index in [9.17, 15) is 9.59 Å². The maximum Gasteiger partial charge on any atom is 0.256 e. The van der Waals surface area contributed by atoms with Gasteiger partial charge in [0.2, 0.25) is 0 Å². The van der Waals surface area contributed by atoms with Crippen LogP contribution in [-0.4, -0.2) is 35.7 Å². The molecule has 1 aliphatic rings. The number of pyridine rings is 1. The minimum atomic E-state index is -0.248. The fourth-order valence-corrected chi connectivity index (χ4v) is 4.57. The smallest absolute Gasteiger partial charge is 0.256 e. The van der Waals surface area contributed by atoms with Gasteiger partial charge in [-0.1, -0.05) is 32.0 Å². The SMILES string of the molecule is CC.COc1cc(C)[nH]c(=O)c1CNC(=O)c1c(C)n(CC2CCNCC2)c2ccccc12. The Morgan fingerprint density at radius 1 is 1.18 bits per heavy atom. The first-order valence-corrected chi connectivity index (χ1v) is 11.8. The van der Waals surface area contributed by atoms with E-state index in [1.807, 2.05) is 39.0 Å². The summed E-state index contributed by atoms with van der Waals surface area (Å²) in [5.41, 5.74) is 3.59. The van der Waals surface area contributed by atoms with Crippen LogP contribution in [0.3, 0.4) is 0 Å². The number of aryl methyl sites for hydroxylation is 1. The van der Waals surface area contributed by atoms with E-state index in [-0.39, 0.29) is 18.0 Å². The molecular formula is C26H36N4O3. The van der Waals surface area contributed by atoms with Crippen LogP contribution in [0.15, 0.2) is 35.1 Å². The van der Waals surface area contributed by atoms with Crippen molar-refractivity contribution in [2.24, 2.45) is 5.92 Å². The largest absolute Gasteiger partial charge is 0.496 e. The molecule has 1 fully saturated rings. The van der Waals surface area contributed by atoms with Gasteiger partial charge in [0, 0.05) is 28.8 Å². The van der Waals surface area contributed by atoms with Gasteiger partial charge in [0.25, 0.3) is 11.5 Å². The molecule has 1 saturated heterocycles. The highest BCUT2D eigenvalue weighted by Crippen LogP contribution is 2.28. The summed E-state index contributed by atoms with van der Waals surface area (Å²) in [4.78, 5) is 28.4. The second kappa shape index (κ2) is 11.2. The average Bonchev–Trinajstić information content (AvgIpc) is 3.11. The fourth-order valence-electron chi connectivity index (χ4n) is 4.57. The lowest BCUT2D eigenvalue weighted by Gasteiger charge is -2.24. The summed E-state index contributed by atoms with van der Waals surface area (Å²) in [6.07, 6.45) is 2.28. The second-order valence-electron chi connectivity index (χ2n) is 8.29. The van der Waals surface area contributed by atoms with Crippen LogP contribution in [0.5, 0.6) is 5.75 Å². The van der Waals surface area contributed by atoms with Gasteiger partial charge >= 0.3 is 0 Å². The van der Waals surface area contributed by atoms with Gasteiger partial charge in [0.05, 0.1) is 24.8 Å². The minimum absolute atomic E-state index is 0.102. The summed E-state index contributed by atoms with van der Waals surface area (Å²) < 4.78 is 7.62. The highest BCUT2D eigenvalue weighted by molar-refractivity contribution is 6.08. The summed E-state index contributed by atoms with van der Waals surface area (Å²) in [7, 11) is 1.53. The Labute approximate surface area is 195 Å². The van der Waals surface area contributed by atoms with Crippen LogP contribution in [-0.2, 0) is 13.1 Å². The van der Waals surface area contributed by atoms with Crippen LogP contribution >= 0.6 is 0 Å². The number of H-pyrrole nitrogens is 1. The molecule has 3 N–H and O–H groups in total. The third kappa shape index (κ3) is 5.30. The molecule has 0 radical (unpaired) electrons. The second-order valence-corrected chi connectivity index (χ2v) is 8.29. The first kappa shape index (κ1) is 24.6. The van der Waals surface area contributed by atoms with E-state index in [1.165, 1.54) is 7.11 Å². The summed E-state index contributed by atoms with van der Waals surface area (Å²) in [5.74, 6) is 0.897. The van der Waals surface area contributed by atoms with Crippen molar-refractivity contribution in [3.8, 4) is 5.75 Å². The molecule has 3 aromatic rings. The van der Waals surface area contributed by atoms with Crippen LogP contribution in [0.1, 0.15) is 54.0 Å². The summed E-state index contributed by atoms with van der Waals surface area (Å²) in [6.45, 7) is 10.9. The van der Waals surface area contributed by atoms with Crippen LogP contribution in [0.2, 0.25) is 0 Å². The van der Waals surface area contributed by atoms with E-state index < -0.39 is 0 Å². The molecule has 1 aromatic carbocycles. The normalized spacial score (nSPS) is 14.0. The number of aromatic amines is 1. The van der Waals surface area contributed by atoms with Crippen LogP contribution in [0, 0.1) is 19.8 Å². The molecule has 0 aliphatic carbocycles. The molecule has 0 unspecified atom stereocenters. The molecule has 7 nitrogen and oxygen atoms in total. The van der Waals surface area contributed by atoms with Crippen molar-refractivity contribution in [3.05, 3.63) is 63.2 Å². The number of amides is 1. The fraction of sp³-hybridized carbons (Fsp3) is 0.462. The van der Waals surface area contributed by atoms with Crippen molar-refractivity contribution in [2.45, 2.75) is 53.6 Å². The zero-order valence-electron chi connectivity index (χ0n) is 20.4. The minimum Gasteiger partial charge on any atom is -0.496 e. The number of nitrogens with one attached hydrogen (secondary N) is 3. The Hall–Kier alpha value is -3.06. The number of benzene rings is 1. The van der Waals surface area contributed by atoms with Gasteiger partial charge in [0.15, 0.2) is 0 Å². The van der Waals surface area contributed by atoms with E-state index in [0.29, 0.717) is 28.5 Å². The number of carbonyl (C=O) groups is 1. The zero-order chi connectivity index (χ0) is 24.0. The third-order valence-corrected chi connectivity index (χ3v) is 6.23. The maximum absolute atomic E-state index is 13.2. The van der Waals surface area contributed by atoms with Gasteiger partial charge in [-0.3, -0.25) is 9.59 Å². The highest BCUT2D eigenvalue weighted by Gasteiger charge is 2.23. The van der Waals surface area contributed by atoms with Gasteiger partial charge in [0.1, 0.15) is 5.75 Å². The lowest BCUT2D eigenvalue weighted by molar-refractivity contribution is 0.0951. The molecule has 0 spiro atoms. The first-order valence-electron chi connectivity index (χ1n) is 11.8. The first-order chi connectivity index (χ1) is 16.0. The van der Waals surface area contributed by atoms with Crippen molar-refractivity contribution in [1.29, 1.82) is 0 Å². The van der Waals surface area contributed by atoms with E-state index in [2.05, 4.69) is 26.3 Å². The van der Waals surface area contributed by atoms with Gasteiger partial charge < -0.3 is 24.9 Å². The highest BCUT2D eigenvalue weighted by atomic mass is 16.5. The van der Waals surface area contributed by atoms with Crippen LogP contribution in [0.4, 0.5) is 0 Å². The third-order valence-electron chi connectivity index (χ3n) is 6.23. The van der Waals surface area contributed by atoms with Crippen molar-refractivity contribution in [3.63, 3.8) is 0 Å². The number of aromatic nitrogens is 2. The predicted molar refractivity (Wildman–Crippen MR) is 133 cm³/mol. The Kier molecular flexibility index (Phi) is 8.33. The van der Waals surface area contributed by atoms with Gasteiger partial charge in [-0.2, -0.15) is 0 Å². The Bertz CT molecular complexity index is 1160. The van der Waals surface area contributed by atoms with Gasteiger partial charge in [-0.15, -0.1) is 0 Å². The average molecular weight is 453 g/mol. The number of methoxy groups -OCH3 is 1.